The number of hydrogen-bond donors (Lipinski definition) is 2. The van der Waals surface area contributed by atoms with E-state index in [1.165, 1.54) is 12.3 Å². The van der Waals surface area contributed by atoms with Crippen molar-refractivity contribution in [2.45, 2.75) is 24.3 Å². The molecule has 1 saturated heterocycles. The van der Waals surface area contributed by atoms with Crippen LogP contribution in [0.25, 0.3) is 10.9 Å². The number of hydrogen-bond acceptors (Lipinski definition) is 8. The highest BCUT2D eigenvalue weighted by atomic mass is 32.2. The second-order valence-electron chi connectivity index (χ2n) is 7.83. The van der Waals surface area contributed by atoms with Crippen molar-refractivity contribution in [1.82, 2.24) is 15.3 Å². The summed E-state index contributed by atoms with van der Waals surface area (Å²) in [6.45, 7) is -0.140. The summed E-state index contributed by atoms with van der Waals surface area (Å²) >= 11 is 0. The first kappa shape index (κ1) is 23.8. The van der Waals surface area contributed by atoms with Crippen molar-refractivity contribution in [2.24, 2.45) is 0 Å². The van der Waals surface area contributed by atoms with Gasteiger partial charge in [-0.2, -0.15) is 0 Å². The molecule has 180 valence electrons. The summed E-state index contributed by atoms with van der Waals surface area (Å²) in [6, 6.07) is 6.25. The number of anilines is 1. The average molecular weight is 509 g/mol. The number of pyridine rings is 2. The van der Waals surface area contributed by atoms with E-state index in [-0.39, 0.29) is 46.0 Å². The summed E-state index contributed by atoms with van der Waals surface area (Å²) in [5.74, 6) is -2.28. The van der Waals surface area contributed by atoms with Gasteiger partial charge >= 0.3 is 0 Å². The third kappa shape index (κ3) is 4.53. The van der Waals surface area contributed by atoms with Gasteiger partial charge in [0, 0.05) is 30.9 Å². The second kappa shape index (κ2) is 8.80. The van der Waals surface area contributed by atoms with Crippen LogP contribution in [0.1, 0.15) is 28.9 Å². The van der Waals surface area contributed by atoms with Crippen LogP contribution in [0.15, 0.2) is 41.4 Å². The molecule has 2 aromatic heterocycles. The highest BCUT2D eigenvalue weighted by Crippen LogP contribution is 2.35. The number of carbonyl (C=O) groups excluding carboxylic acids is 1. The Bertz CT molecular complexity index is 1510. The van der Waals surface area contributed by atoms with Gasteiger partial charge in [0.1, 0.15) is 11.3 Å². The first-order valence-corrected chi connectivity index (χ1v) is 13.7. The van der Waals surface area contributed by atoms with Crippen molar-refractivity contribution in [3.8, 4) is 5.75 Å². The number of sulfonamides is 1. The fourth-order valence-electron chi connectivity index (χ4n) is 3.76. The van der Waals surface area contributed by atoms with Crippen LogP contribution in [0.4, 0.5) is 10.2 Å². The van der Waals surface area contributed by atoms with Crippen LogP contribution >= 0.6 is 0 Å². The summed E-state index contributed by atoms with van der Waals surface area (Å²) in [4.78, 5) is 20.9. The number of benzene rings is 1. The Balaban J connectivity index is 1.74. The summed E-state index contributed by atoms with van der Waals surface area (Å²) in [6.07, 6.45) is 3.40. The molecule has 0 unspecified atom stereocenters. The number of rotatable bonds is 5. The Hall–Kier alpha value is -3.32. The second-order valence-corrected chi connectivity index (χ2v) is 11.8. The molecule has 0 spiro atoms. The molecule has 3 aromatic rings. The topological polar surface area (TPSA) is 147 Å². The van der Waals surface area contributed by atoms with Gasteiger partial charge in [0.15, 0.2) is 27.1 Å². The molecule has 0 saturated carbocycles. The van der Waals surface area contributed by atoms with E-state index in [4.69, 9.17) is 0 Å². The van der Waals surface area contributed by atoms with Gasteiger partial charge in [-0.1, -0.05) is 6.07 Å². The number of fused-ring (bicyclic) bond motifs is 1. The maximum Gasteiger partial charge on any atom is 0.274 e. The van der Waals surface area contributed by atoms with Gasteiger partial charge in [0.2, 0.25) is 10.0 Å². The average Bonchev–Trinajstić information content (AvgIpc) is 2.78. The molecule has 2 N–H and O–H groups in total. The van der Waals surface area contributed by atoms with Gasteiger partial charge < -0.3 is 10.4 Å². The first-order valence-electron chi connectivity index (χ1n) is 10.2. The summed E-state index contributed by atoms with van der Waals surface area (Å²) in [7, 11) is -7.46. The van der Waals surface area contributed by atoms with E-state index >= 15 is 0 Å². The Morgan fingerprint density at radius 1 is 1.26 bits per heavy atom. The lowest BCUT2D eigenvalue weighted by atomic mass is 10.1. The number of amides is 1. The lowest BCUT2D eigenvalue weighted by molar-refractivity contribution is 0.0943. The van der Waals surface area contributed by atoms with Crippen LogP contribution in [0.5, 0.6) is 5.75 Å². The van der Waals surface area contributed by atoms with Crippen molar-refractivity contribution in [3.05, 3.63) is 53.6 Å². The van der Waals surface area contributed by atoms with Crippen molar-refractivity contribution < 1.29 is 31.1 Å². The number of carbonyl (C=O) groups is 1. The normalized spacial score (nSPS) is 15.9. The number of nitrogens with one attached hydrogen (secondary N) is 1. The molecule has 10 nitrogen and oxygen atoms in total. The van der Waals surface area contributed by atoms with E-state index in [1.807, 2.05) is 0 Å². The molecule has 1 fully saturated rings. The number of nitrogens with zero attached hydrogens (tertiary/aromatic N) is 3. The predicted octanol–water partition coefficient (Wildman–Crippen LogP) is 1.74. The van der Waals surface area contributed by atoms with Crippen LogP contribution in [0.3, 0.4) is 0 Å². The van der Waals surface area contributed by atoms with E-state index < -0.39 is 43.0 Å². The first-order chi connectivity index (χ1) is 16.0. The molecule has 0 bridgehead atoms. The highest BCUT2D eigenvalue weighted by molar-refractivity contribution is 7.92. The maximum absolute atomic E-state index is 13.6. The number of aromatic hydroxyl groups is 1. The Labute approximate surface area is 195 Å². The molecular weight excluding hydrogens is 487 g/mol. The lowest BCUT2D eigenvalue weighted by Gasteiger charge is -2.28. The minimum absolute atomic E-state index is 0.00275. The Morgan fingerprint density at radius 2 is 2.03 bits per heavy atom. The van der Waals surface area contributed by atoms with Crippen molar-refractivity contribution >= 4 is 42.5 Å². The number of halogens is 1. The predicted molar refractivity (Wildman–Crippen MR) is 122 cm³/mol. The molecule has 4 rings (SSSR count). The van der Waals surface area contributed by atoms with Gasteiger partial charge in [-0.25, -0.2) is 26.2 Å². The molecule has 13 heteroatoms. The summed E-state index contributed by atoms with van der Waals surface area (Å²) in [5, 5.41) is 13.4. The fourth-order valence-corrected chi connectivity index (χ4v) is 6.30. The molecule has 0 aliphatic carbocycles. The summed E-state index contributed by atoms with van der Waals surface area (Å²) in [5.41, 5.74) is -0.337. The van der Waals surface area contributed by atoms with E-state index in [0.717, 1.165) is 22.7 Å². The zero-order valence-corrected chi connectivity index (χ0v) is 19.7. The molecule has 1 aliphatic heterocycles. The molecule has 1 amide bonds. The zero-order valence-electron chi connectivity index (χ0n) is 18.0. The van der Waals surface area contributed by atoms with E-state index in [9.17, 15) is 31.1 Å². The zero-order chi connectivity index (χ0) is 24.7. The van der Waals surface area contributed by atoms with Gasteiger partial charge in [0.05, 0.1) is 10.6 Å². The Kier molecular flexibility index (Phi) is 6.16. The number of aromatic nitrogens is 2. The van der Waals surface area contributed by atoms with E-state index in [1.54, 1.807) is 12.1 Å². The van der Waals surface area contributed by atoms with E-state index in [0.29, 0.717) is 12.8 Å². The standard InChI is InChI=1S/C21H21FN4O6S2/c1-33(29,30)16-11-14(22)7-6-13(16)12-24-21(28)18-19(27)17-15(5-4-8-23-17)20(25-18)26-9-2-3-10-34(26,31)32/h4-8,11,27H,2-3,9-10,12H2,1H3,(H,24,28). The molecule has 1 aliphatic rings. The molecule has 3 heterocycles. The van der Waals surface area contributed by atoms with Crippen molar-refractivity contribution in [1.29, 1.82) is 0 Å². The van der Waals surface area contributed by atoms with Crippen molar-refractivity contribution in [3.63, 3.8) is 0 Å². The Morgan fingerprint density at radius 3 is 2.74 bits per heavy atom. The van der Waals surface area contributed by atoms with Crippen LogP contribution in [0.2, 0.25) is 0 Å². The molecular formula is C21H21FN4O6S2. The monoisotopic (exact) mass is 508 g/mol. The van der Waals surface area contributed by atoms with Crippen molar-refractivity contribution in [2.75, 3.05) is 22.9 Å². The van der Waals surface area contributed by atoms with Crippen LogP contribution in [0, 0.1) is 5.82 Å². The smallest absolute Gasteiger partial charge is 0.274 e. The highest BCUT2D eigenvalue weighted by Gasteiger charge is 2.31. The van der Waals surface area contributed by atoms with Crippen LogP contribution < -0.4 is 9.62 Å². The van der Waals surface area contributed by atoms with Gasteiger partial charge in [-0.15, -0.1) is 0 Å². The van der Waals surface area contributed by atoms with Crippen LogP contribution in [-0.2, 0) is 26.4 Å². The molecule has 0 radical (unpaired) electrons. The SMILES string of the molecule is CS(=O)(=O)c1cc(F)ccc1CNC(=O)c1nc(N2CCCCS2(=O)=O)c2cccnc2c1O. The summed E-state index contributed by atoms with van der Waals surface area (Å²) < 4.78 is 64.0. The molecule has 0 atom stereocenters. The minimum atomic E-state index is -3.78. The maximum atomic E-state index is 13.6. The van der Waals surface area contributed by atoms with Gasteiger partial charge in [0.25, 0.3) is 5.91 Å². The van der Waals surface area contributed by atoms with Gasteiger partial charge in [-0.3, -0.25) is 14.1 Å². The molecule has 34 heavy (non-hydrogen) atoms. The molecule has 1 aromatic carbocycles. The fraction of sp³-hybridized carbons (Fsp3) is 0.286. The number of sulfone groups is 1. The third-order valence-electron chi connectivity index (χ3n) is 5.38. The quantitative estimate of drug-likeness (QED) is 0.530. The minimum Gasteiger partial charge on any atom is -0.504 e. The third-order valence-corrected chi connectivity index (χ3v) is 8.39. The largest absolute Gasteiger partial charge is 0.504 e. The lowest BCUT2D eigenvalue weighted by Crippen LogP contribution is -2.39. The van der Waals surface area contributed by atoms with Gasteiger partial charge in [-0.05, 0) is 42.7 Å². The van der Waals surface area contributed by atoms with E-state index in [2.05, 4.69) is 15.3 Å². The van der Waals surface area contributed by atoms with Crippen LogP contribution in [-0.4, -0.2) is 56.4 Å².